The van der Waals surface area contributed by atoms with Crippen LogP contribution in [0.5, 0.6) is 0 Å². The number of carbonyl (C=O) groups excluding carboxylic acids is 1. The number of aromatic nitrogens is 2. The van der Waals surface area contributed by atoms with Crippen LogP contribution in [0.4, 0.5) is 11.6 Å². The van der Waals surface area contributed by atoms with Gasteiger partial charge in [0.05, 0.1) is 4.90 Å². The van der Waals surface area contributed by atoms with Gasteiger partial charge in [-0.1, -0.05) is 13.8 Å². The van der Waals surface area contributed by atoms with Gasteiger partial charge in [0.25, 0.3) is 10.0 Å². The molecule has 24 heavy (non-hydrogen) atoms. The molecule has 0 aliphatic carbocycles. The van der Waals surface area contributed by atoms with Crippen LogP contribution in [0.25, 0.3) is 0 Å². The monoisotopic (exact) mass is 348 g/mol. The second-order valence-electron chi connectivity index (χ2n) is 5.68. The van der Waals surface area contributed by atoms with Gasteiger partial charge in [-0.15, -0.1) is 0 Å². The molecule has 0 saturated heterocycles. The third-order valence-electron chi connectivity index (χ3n) is 3.19. The minimum atomic E-state index is -3.77. The van der Waals surface area contributed by atoms with E-state index in [4.69, 9.17) is 0 Å². The van der Waals surface area contributed by atoms with Crippen LogP contribution >= 0.6 is 0 Å². The van der Waals surface area contributed by atoms with Crippen molar-refractivity contribution in [2.75, 3.05) is 10.0 Å². The van der Waals surface area contributed by atoms with E-state index in [2.05, 4.69) is 33.9 Å². The highest BCUT2D eigenvalue weighted by atomic mass is 32.2. The number of hydrogen-bond acceptors (Lipinski definition) is 5. The summed E-state index contributed by atoms with van der Waals surface area (Å²) in [6, 6.07) is 7.53. The number of anilines is 2. The number of nitrogens with one attached hydrogen (secondary N) is 2. The standard InChI is InChI=1S/C16H20N4O3S/c1-12(2)4-9-15(21)19-13-5-7-14(8-6-13)24(22,23)20-16-17-10-3-11-18-16/h3,5-8,10-12H,4,9H2,1-2H3,(H,19,21)(H,17,18,20). The van der Waals surface area contributed by atoms with Crippen LogP contribution in [-0.4, -0.2) is 24.3 Å². The van der Waals surface area contributed by atoms with Crippen molar-refractivity contribution in [2.24, 2.45) is 5.92 Å². The number of nitrogens with zero attached hydrogens (tertiary/aromatic N) is 2. The fourth-order valence-corrected chi connectivity index (χ4v) is 2.85. The van der Waals surface area contributed by atoms with E-state index < -0.39 is 10.0 Å². The minimum Gasteiger partial charge on any atom is -0.326 e. The summed E-state index contributed by atoms with van der Waals surface area (Å²) in [5.41, 5.74) is 0.554. The van der Waals surface area contributed by atoms with Gasteiger partial charge in [-0.05, 0) is 42.7 Å². The van der Waals surface area contributed by atoms with Crippen LogP contribution < -0.4 is 10.0 Å². The molecule has 2 rings (SSSR count). The molecule has 0 unspecified atom stereocenters. The Hall–Kier alpha value is -2.48. The lowest BCUT2D eigenvalue weighted by atomic mass is 10.1. The van der Waals surface area contributed by atoms with Crippen LogP contribution in [-0.2, 0) is 14.8 Å². The summed E-state index contributed by atoms with van der Waals surface area (Å²) in [6.45, 7) is 4.10. The van der Waals surface area contributed by atoms with Crippen molar-refractivity contribution < 1.29 is 13.2 Å². The lowest BCUT2D eigenvalue weighted by Crippen LogP contribution is -2.15. The molecule has 0 fully saturated rings. The Balaban J connectivity index is 2.02. The van der Waals surface area contributed by atoms with Gasteiger partial charge in [0, 0.05) is 24.5 Å². The summed E-state index contributed by atoms with van der Waals surface area (Å²) >= 11 is 0. The van der Waals surface area contributed by atoms with Crippen LogP contribution in [0.15, 0.2) is 47.6 Å². The molecule has 0 bridgehead atoms. The van der Waals surface area contributed by atoms with Crippen molar-refractivity contribution in [3.05, 3.63) is 42.7 Å². The van der Waals surface area contributed by atoms with E-state index in [1.165, 1.54) is 24.5 Å². The molecule has 1 aromatic carbocycles. The summed E-state index contributed by atoms with van der Waals surface area (Å²) in [4.78, 5) is 19.5. The second kappa shape index (κ2) is 7.87. The Labute approximate surface area is 141 Å². The Morgan fingerprint density at radius 3 is 2.33 bits per heavy atom. The lowest BCUT2D eigenvalue weighted by Gasteiger charge is -2.09. The van der Waals surface area contributed by atoms with E-state index in [1.807, 2.05) is 0 Å². The number of amides is 1. The quantitative estimate of drug-likeness (QED) is 0.801. The highest BCUT2D eigenvalue weighted by Gasteiger charge is 2.15. The maximum absolute atomic E-state index is 12.2. The van der Waals surface area contributed by atoms with Gasteiger partial charge in [0.1, 0.15) is 0 Å². The number of carbonyl (C=O) groups is 1. The van der Waals surface area contributed by atoms with Crippen LogP contribution in [0.1, 0.15) is 26.7 Å². The summed E-state index contributed by atoms with van der Waals surface area (Å²) in [6.07, 6.45) is 4.13. The SMILES string of the molecule is CC(C)CCC(=O)Nc1ccc(S(=O)(=O)Nc2ncccn2)cc1. The molecule has 0 radical (unpaired) electrons. The molecule has 8 heteroatoms. The predicted octanol–water partition coefficient (Wildman–Crippen LogP) is 2.65. The van der Waals surface area contributed by atoms with Gasteiger partial charge in [0.2, 0.25) is 11.9 Å². The van der Waals surface area contributed by atoms with E-state index in [1.54, 1.807) is 18.2 Å². The normalized spacial score (nSPS) is 11.3. The van der Waals surface area contributed by atoms with Crippen molar-refractivity contribution >= 4 is 27.6 Å². The predicted molar refractivity (Wildman–Crippen MR) is 92.0 cm³/mol. The first-order valence-corrected chi connectivity index (χ1v) is 9.05. The summed E-state index contributed by atoms with van der Waals surface area (Å²) in [5, 5.41) is 2.75. The molecule has 1 amide bonds. The average Bonchev–Trinajstić information content (AvgIpc) is 2.54. The minimum absolute atomic E-state index is 0.00330. The van der Waals surface area contributed by atoms with E-state index in [0.29, 0.717) is 18.0 Å². The Bertz CT molecular complexity index is 775. The number of benzene rings is 1. The third kappa shape index (κ3) is 5.31. The van der Waals surface area contributed by atoms with Crippen molar-refractivity contribution in [3.8, 4) is 0 Å². The molecule has 0 atom stereocenters. The molecule has 0 aliphatic rings. The highest BCUT2D eigenvalue weighted by molar-refractivity contribution is 7.92. The number of sulfonamides is 1. The van der Waals surface area contributed by atoms with Crippen molar-refractivity contribution in [3.63, 3.8) is 0 Å². The fraction of sp³-hybridized carbons (Fsp3) is 0.312. The first kappa shape index (κ1) is 17.9. The fourth-order valence-electron chi connectivity index (χ4n) is 1.89. The van der Waals surface area contributed by atoms with E-state index in [0.717, 1.165) is 6.42 Å². The van der Waals surface area contributed by atoms with Crippen molar-refractivity contribution in [1.29, 1.82) is 0 Å². The molecule has 7 nitrogen and oxygen atoms in total. The Morgan fingerprint density at radius 2 is 1.75 bits per heavy atom. The molecular formula is C16H20N4O3S. The smallest absolute Gasteiger partial charge is 0.264 e. The van der Waals surface area contributed by atoms with Gasteiger partial charge >= 0.3 is 0 Å². The zero-order chi connectivity index (χ0) is 17.6. The van der Waals surface area contributed by atoms with Gasteiger partial charge < -0.3 is 5.32 Å². The third-order valence-corrected chi connectivity index (χ3v) is 4.53. The maximum Gasteiger partial charge on any atom is 0.264 e. The molecule has 2 aromatic rings. The summed E-state index contributed by atoms with van der Waals surface area (Å²) in [7, 11) is -3.77. The topological polar surface area (TPSA) is 101 Å². The van der Waals surface area contributed by atoms with Gasteiger partial charge in [-0.3, -0.25) is 4.79 Å². The first-order valence-electron chi connectivity index (χ1n) is 7.56. The summed E-state index contributed by atoms with van der Waals surface area (Å²) in [5.74, 6) is 0.369. The van der Waals surface area contributed by atoms with Crippen LogP contribution in [0, 0.1) is 5.92 Å². The second-order valence-corrected chi connectivity index (χ2v) is 7.37. The van der Waals surface area contributed by atoms with Gasteiger partial charge in [-0.25, -0.2) is 23.1 Å². The molecule has 128 valence electrons. The Kier molecular flexibility index (Phi) is 5.86. The van der Waals surface area contributed by atoms with Gasteiger partial charge in [0.15, 0.2) is 0 Å². The van der Waals surface area contributed by atoms with Gasteiger partial charge in [-0.2, -0.15) is 0 Å². The maximum atomic E-state index is 12.2. The molecule has 0 aliphatic heterocycles. The Morgan fingerprint density at radius 1 is 1.12 bits per heavy atom. The molecule has 1 aromatic heterocycles. The molecule has 0 spiro atoms. The molecule has 0 saturated carbocycles. The summed E-state index contributed by atoms with van der Waals surface area (Å²) < 4.78 is 26.8. The van der Waals surface area contributed by atoms with Crippen molar-refractivity contribution in [1.82, 2.24) is 9.97 Å². The molecule has 2 N–H and O–H groups in total. The average molecular weight is 348 g/mol. The van der Waals surface area contributed by atoms with Crippen molar-refractivity contribution in [2.45, 2.75) is 31.6 Å². The largest absolute Gasteiger partial charge is 0.326 e. The molecule has 1 heterocycles. The zero-order valence-electron chi connectivity index (χ0n) is 13.6. The van der Waals surface area contributed by atoms with E-state index in [-0.39, 0.29) is 16.8 Å². The number of rotatable bonds is 7. The van der Waals surface area contributed by atoms with Crippen LogP contribution in [0.3, 0.4) is 0 Å². The molecular weight excluding hydrogens is 328 g/mol. The zero-order valence-corrected chi connectivity index (χ0v) is 14.4. The van der Waals surface area contributed by atoms with E-state index in [9.17, 15) is 13.2 Å². The number of hydrogen-bond donors (Lipinski definition) is 2. The lowest BCUT2D eigenvalue weighted by molar-refractivity contribution is -0.116. The van der Waals surface area contributed by atoms with Crippen LogP contribution in [0.2, 0.25) is 0 Å². The van der Waals surface area contributed by atoms with E-state index >= 15 is 0 Å². The highest BCUT2D eigenvalue weighted by Crippen LogP contribution is 2.17. The first-order chi connectivity index (χ1) is 11.4.